The first kappa shape index (κ1) is 9.79. The summed E-state index contributed by atoms with van der Waals surface area (Å²) >= 11 is 0. The Bertz CT molecular complexity index is 260. The van der Waals surface area contributed by atoms with Crippen LogP contribution in [-0.4, -0.2) is 31.1 Å². The van der Waals surface area contributed by atoms with Crippen molar-refractivity contribution < 1.29 is 9.53 Å². The zero-order chi connectivity index (χ0) is 10.3. The number of carbonyl (C=O) groups excluding carboxylic acids is 1. The number of nitrogens with one attached hydrogen (secondary N) is 1. The molecule has 1 N–H and O–H groups in total. The highest BCUT2D eigenvalue weighted by Gasteiger charge is 2.44. The highest BCUT2D eigenvalue weighted by molar-refractivity contribution is 5.84. The molecule has 3 unspecified atom stereocenters. The van der Waals surface area contributed by atoms with E-state index in [4.69, 9.17) is 4.74 Å². The van der Waals surface area contributed by atoms with Crippen molar-refractivity contribution in [2.75, 3.05) is 13.2 Å². The van der Waals surface area contributed by atoms with E-state index in [9.17, 15) is 4.79 Å². The molecule has 3 rings (SSSR count). The Morgan fingerprint density at radius 3 is 2.53 bits per heavy atom. The second kappa shape index (κ2) is 3.87. The lowest BCUT2D eigenvalue weighted by Gasteiger charge is -2.27. The van der Waals surface area contributed by atoms with Gasteiger partial charge in [-0.2, -0.15) is 0 Å². The maximum absolute atomic E-state index is 12.3. The van der Waals surface area contributed by atoms with Crippen LogP contribution in [0.1, 0.15) is 32.1 Å². The molecule has 3 heteroatoms. The van der Waals surface area contributed by atoms with Gasteiger partial charge in [0.2, 0.25) is 0 Å². The largest absolute Gasteiger partial charge is 0.381 e. The van der Waals surface area contributed by atoms with Crippen molar-refractivity contribution in [2.24, 2.45) is 11.8 Å². The van der Waals surface area contributed by atoms with Crippen LogP contribution in [0.2, 0.25) is 0 Å². The number of fused-ring (bicyclic) bond motifs is 2. The molecule has 3 aliphatic heterocycles. The molecule has 3 saturated heterocycles. The molecule has 0 aromatic carbocycles. The van der Waals surface area contributed by atoms with E-state index in [1.807, 2.05) is 0 Å². The van der Waals surface area contributed by atoms with Crippen LogP contribution >= 0.6 is 0 Å². The summed E-state index contributed by atoms with van der Waals surface area (Å²) in [6.45, 7) is 1.56. The van der Waals surface area contributed by atoms with Crippen LogP contribution in [0.4, 0.5) is 0 Å². The summed E-state index contributed by atoms with van der Waals surface area (Å²) < 4.78 is 5.31. The molecule has 0 saturated carbocycles. The van der Waals surface area contributed by atoms with Crippen molar-refractivity contribution in [3.05, 3.63) is 0 Å². The van der Waals surface area contributed by atoms with Gasteiger partial charge in [-0.1, -0.05) is 0 Å². The topological polar surface area (TPSA) is 38.3 Å². The minimum atomic E-state index is 0.296. The summed E-state index contributed by atoms with van der Waals surface area (Å²) in [7, 11) is 0. The smallest absolute Gasteiger partial charge is 0.140 e. The van der Waals surface area contributed by atoms with Crippen LogP contribution < -0.4 is 5.32 Å². The van der Waals surface area contributed by atoms with Gasteiger partial charge in [-0.25, -0.2) is 0 Å². The molecular weight excluding hydrogens is 190 g/mol. The zero-order valence-corrected chi connectivity index (χ0v) is 9.08. The van der Waals surface area contributed by atoms with Crippen molar-refractivity contribution in [2.45, 2.75) is 44.2 Å². The van der Waals surface area contributed by atoms with E-state index in [1.54, 1.807) is 0 Å². The summed E-state index contributed by atoms with van der Waals surface area (Å²) in [5, 5.41) is 3.55. The Kier molecular flexibility index (Phi) is 2.53. The summed E-state index contributed by atoms with van der Waals surface area (Å²) in [6.07, 6.45) is 5.49. The number of Topliss-reactive ketones (excluding diaryl/α,β-unsaturated/α-hetero) is 1. The van der Waals surface area contributed by atoms with Crippen LogP contribution in [0.15, 0.2) is 0 Å². The van der Waals surface area contributed by atoms with Crippen molar-refractivity contribution >= 4 is 5.78 Å². The lowest BCUT2D eigenvalue weighted by Crippen LogP contribution is -2.35. The van der Waals surface area contributed by atoms with E-state index in [2.05, 4.69) is 5.32 Å². The number of ether oxygens (including phenoxy) is 1. The Labute approximate surface area is 90.6 Å². The van der Waals surface area contributed by atoms with Gasteiger partial charge in [-0.15, -0.1) is 0 Å². The van der Waals surface area contributed by atoms with Gasteiger partial charge in [0, 0.05) is 37.1 Å². The van der Waals surface area contributed by atoms with Gasteiger partial charge in [0.25, 0.3) is 0 Å². The Balaban J connectivity index is 1.64. The normalized spacial score (nSPS) is 40.9. The first-order chi connectivity index (χ1) is 7.34. The molecule has 0 radical (unpaired) electrons. The monoisotopic (exact) mass is 209 g/mol. The molecule has 0 aromatic heterocycles. The van der Waals surface area contributed by atoms with Gasteiger partial charge in [0.1, 0.15) is 5.78 Å². The SMILES string of the molecule is O=C(C1CCOCC1)C1CC2CCC1N2. The van der Waals surface area contributed by atoms with Crippen molar-refractivity contribution in [3.63, 3.8) is 0 Å². The predicted molar refractivity (Wildman–Crippen MR) is 56.6 cm³/mol. The van der Waals surface area contributed by atoms with Gasteiger partial charge < -0.3 is 10.1 Å². The zero-order valence-electron chi connectivity index (χ0n) is 9.08. The fraction of sp³-hybridized carbons (Fsp3) is 0.917. The number of hydrogen-bond donors (Lipinski definition) is 1. The Morgan fingerprint density at radius 1 is 1.13 bits per heavy atom. The lowest BCUT2D eigenvalue weighted by molar-refractivity contribution is -0.130. The van der Waals surface area contributed by atoms with Crippen LogP contribution in [0.5, 0.6) is 0 Å². The van der Waals surface area contributed by atoms with Gasteiger partial charge in [-0.05, 0) is 32.1 Å². The van der Waals surface area contributed by atoms with Gasteiger partial charge in [0.05, 0.1) is 0 Å². The summed E-state index contributed by atoms with van der Waals surface area (Å²) in [4.78, 5) is 12.3. The molecule has 3 aliphatic rings. The van der Waals surface area contributed by atoms with Gasteiger partial charge in [-0.3, -0.25) is 4.79 Å². The molecule has 3 nitrogen and oxygen atoms in total. The van der Waals surface area contributed by atoms with Gasteiger partial charge in [0.15, 0.2) is 0 Å². The van der Waals surface area contributed by atoms with E-state index in [0.717, 1.165) is 32.5 Å². The standard InChI is InChI=1S/C12H19NO2/c14-12(8-3-5-15-6-4-8)10-7-9-1-2-11(10)13-9/h8-11,13H,1-7H2. The molecule has 3 atom stereocenters. The first-order valence-electron chi connectivity index (χ1n) is 6.22. The van der Waals surface area contributed by atoms with Crippen LogP contribution in [0.3, 0.4) is 0 Å². The van der Waals surface area contributed by atoms with Gasteiger partial charge >= 0.3 is 0 Å². The maximum Gasteiger partial charge on any atom is 0.140 e. The highest BCUT2D eigenvalue weighted by Crippen LogP contribution is 2.36. The van der Waals surface area contributed by atoms with E-state index < -0.39 is 0 Å². The van der Waals surface area contributed by atoms with Crippen LogP contribution in [-0.2, 0) is 9.53 Å². The molecular formula is C12H19NO2. The second-order valence-electron chi connectivity index (χ2n) is 5.18. The molecule has 0 aromatic rings. The van der Waals surface area contributed by atoms with E-state index >= 15 is 0 Å². The fourth-order valence-electron chi connectivity index (χ4n) is 3.42. The van der Waals surface area contributed by atoms with Crippen LogP contribution in [0.25, 0.3) is 0 Å². The Hall–Kier alpha value is -0.410. The lowest BCUT2D eigenvalue weighted by atomic mass is 9.79. The molecule has 0 spiro atoms. The first-order valence-corrected chi connectivity index (χ1v) is 6.22. The number of carbonyl (C=O) groups is 1. The highest BCUT2D eigenvalue weighted by atomic mass is 16.5. The number of hydrogen-bond acceptors (Lipinski definition) is 3. The summed E-state index contributed by atoms with van der Waals surface area (Å²) in [5.41, 5.74) is 0. The third kappa shape index (κ3) is 1.72. The summed E-state index contributed by atoms with van der Waals surface area (Å²) in [5.74, 6) is 1.15. The fourth-order valence-corrected chi connectivity index (χ4v) is 3.42. The number of rotatable bonds is 2. The molecule has 0 aliphatic carbocycles. The van der Waals surface area contributed by atoms with Crippen molar-refractivity contribution in [1.29, 1.82) is 0 Å². The average molecular weight is 209 g/mol. The molecule has 3 heterocycles. The molecule has 3 fully saturated rings. The number of ketones is 1. The minimum absolute atomic E-state index is 0.296. The third-order valence-corrected chi connectivity index (χ3v) is 4.29. The second-order valence-corrected chi connectivity index (χ2v) is 5.18. The molecule has 0 amide bonds. The van der Waals surface area contributed by atoms with E-state index in [-0.39, 0.29) is 0 Å². The Morgan fingerprint density at radius 2 is 1.93 bits per heavy atom. The maximum atomic E-state index is 12.3. The van der Waals surface area contributed by atoms with Crippen molar-refractivity contribution in [1.82, 2.24) is 5.32 Å². The quantitative estimate of drug-likeness (QED) is 0.740. The summed E-state index contributed by atoms with van der Waals surface area (Å²) in [6, 6.07) is 1.15. The molecule has 15 heavy (non-hydrogen) atoms. The van der Waals surface area contributed by atoms with E-state index in [0.29, 0.717) is 29.7 Å². The van der Waals surface area contributed by atoms with Crippen molar-refractivity contribution in [3.8, 4) is 0 Å². The molecule has 84 valence electrons. The molecule has 2 bridgehead atoms. The van der Waals surface area contributed by atoms with Crippen LogP contribution in [0, 0.1) is 11.8 Å². The third-order valence-electron chi connectivity index (χ3n) is 4.29. The predicted octanol–water partition coefficient (Wildman–Crippen LogP) is 1.12. The minimum Gasteiger partial charge on any atom is -0.381 e. The average Bonchev–Trinajstić information content (AvgIpc) is 2.91. The van der Waals surface area contributed by atoms with E-state index in [1.165, 1.54) is 12.8 Å².